The predicted octanol–water partition coefficient (Wildman–Crippen LogP) is 1.42. The zero-order valence-corrected chi connectivity index (χ0v) is 13.8. The molecule has 1 amide bonds. The van der Waals surface area contributed by atoms with E-state index in [0.29, 0.717) is 23.7 Å². The monoisotopic (exact) mass is 321 g/mol. The van der Waals surface area contributed by atoms with Crippen molar-refractivity contribution < 1.29 is 19.2 Å². The van der Waals surface area contributed by atoms with Crippen molar-refractivity contribution in [3.63, 3.8) is 0 Å². The van der Waals surface area contributed by atoms with E-state index in [9.17, 15) is 4.79 Å². The molecule has 1 aromatic carbocycles. The molecule has 2 aromatic rings. The summed E-state index contributed by atoms with van der Waals surface area (Å²) < 4.78 is 10.4. The normalized spacial score (nSPS) is 11.8. The minimum Gasteiger partial charge on any atom is -0.497 e. The first-order valence-electron chi connectivity index (χ1n) is 6.98. The van der Waals surface area contributed by atoms with Gasteiger partial charge < -0.3 is 19.7 Å². The molecule has 1 heterocycles. The van der Waals surface area contributed by atoms with E-state index in [1.807, 2.05) is 18.5 Å². The molecule has 0 aliphatic carbocycles. The lowest BCUT2D eigenvalue weighted by atomic mass is 10.2. The van der Waals surface area contributed by atoms with Crippen LogP contribution in [0.4, 0.5) is 5.69 Å². The van der Waals surface area contributed by atoms with Gasteiger partial charge in [-0.05, 0) is 23.6 Å². The van der Waals surface area contributed by atoms with Crippen LogP contribution in [0.15, 0.2) is 35.7 Å². The van der Waals surface area contributed by atoms with Gasteiger partial charge in [0.25, 0.3) is 5.91 Å². The van der Waals surface area contributed by atoms with Gasteiger partial charge in [0, 0.05) is 6.07 Å². The Morgan fingerprint density at radius 1 is 1.27 bits per heavy atom. The first-order chi connectivity index (χ1) is 10.6. The molecule has 0 aliphatic heterocycles. The summed E-state index contributed by atoms with van der Waals surface area (Å²) in [6.07, 6.45) is 0. The summed E-state index contributed by atoms with van der Waals surface area (Å²) in [6.45, 7) is 1.23. The Morgan fingerprint density at radius 2 is 2.09 bits per heavy atom. The second kappa shape index (κ2) is 7.82. The quantitative estimate of drug-likeness (QED) is 0.811. The van der Waals surface area contributed by atoms with Crippen LogP contribution in [-0.4, -0.2) is 33.7 Å². The summed E-state index contributed by atoms with van der Waals surface area (Å²) in [7, 11) is 5.17. The SMILES string of the molecule is COc1ccc(NC(=O)C[NH+](C)Cc2cccs2)c(OC)c1. The summed E-state index contributed by atoms with van der Waals surface area (Å²) in [4.78, 5) is 14.6. The molecule has 0 saturated heterocycles. The molecular weight excluding hydrogens is 300 g/mol. The molecule has 0 radical (unpaired) electrons. The predicted molar refractivity (Wildman–Crippen MR) is 88.0 cm³/mol. The van der Waals surface area contributed by atoms with Gasteiger partial charge in [-0.1, -0.05) is 6.07 Å². The number of methoxy groups -OCH3 is 2. The Kier molecular flexibility index (Phi) is 5.80. The number of nitrogens with one attached hydrogen (secondary N) is 2. The molecule has 0 bridgehead atoms. The largest absolute Gasteiger partial charge is 0.497 e. The molecule has 1 atom stereocenters. The molecule has 0 saturated carbocycles. The van der Waals surface area contributed by atoms with Crippen molar-refractivity contribution in [3.05, 3.63) is 40.6 Å². The topological polar surface area (TPSA) is 52.0 Å². The Bertz CT molecular complexity index is 614. The molecule has 1 unspecified atom stereocenters. The van der Waals surface area contributed by atoms with Crippen LogP contribution in [-0.2, 0) is 11.3 Å². The standard InChI is InChI=1S/C16H20N2O3S/c1-18(10-13-5-4-8-22-13)11-16(19)17-14-7-6-12(20-2)9-15(14)21-3/h4-9H,10-11H2,1-3H3,(H,17,19)/p+1. The van der Waals surface area contributed by atoms with Crippen LogP contribution in [0.3, 0.4) is 0 Å². The Hall–Kier alpha value is -2.05. The highest BCUT2D eigenvalue weighted by Gasteiger charge is 2.14. The third-order valence-electron chi connectivity index (χ3n) is 3.20. The van der Waals surface area contributed by atoms with E-state index in [-0.39, 0.29) is 5.91 Å². The first kappa shape index (κ1) is 16.3. The zero-order chi connectivity index (χ0) is 15.9. The lowest BCUT2D eigenvalue weighted by Gasteiger charge is -2.14. The maximum absolute atomic E-state index is 12.2. The van der Waals surface area contributed by atoms with Crippen molar-refractivity contribution in [2.75, 3.05) is 33.1 Å². The average molecular weight is 321 g/mol. The fraction of sp³-hybridized carbons (Fsp3) is 0.312. The Morgan fingerprint density at radius 3 is 2.73 bits per heavy atom. The highest BCUT2D eigenvalue weighted by atomic mass is 32.1. The van der Waals surface area contributed by atoms with Crippen molar-refractivity contribution in [1.82, 2.24) is 0 Å². The van der Waals surface area contributed by atoms with Crippen LogP contribution in [0.25, 0.3) is 0 Å². The van der Waals surface area contributed by atoms with Crippen LogP contribution in [0.2, 0.25) is 0 Å². The number of amides is 1. The molecular formula is C16H21N2O3S+. The third kappa shape index (κ3) is 4.47. The van der Waals surface area contributed by atoms with Crippen molar-refractivity contribution in [2.24, 2.45) is 0 Å². The summed E-state index contributed by atoms with van der Waals surface area (Å²) in [5.41, 5.74) is 0.650. The number of hydrogen-bond acceptors (Lipinski definition) is 4. The van der Waals surface area contributed by atoms with Gasteiger partial charge in [-0.25, -0.2) is 0 Å². The lowest BCUT2D eigenvalue weighted by molar-refractivity contribution is -0.884. The van der Waals surface area contributed by atoms with E-state index in [1.54, 1.807) is 43.8 Å². The third-order valence-corrected chi connectivity index (χ3v) is 4.08. The second-order valence-corrected chi connectivity index (χ2v) is 6.04. The fourth-order valence-electron chi connectivity index (χ4n) is 2.14. The van der Waals surface area contributed by atoms with Gasteiger partial charge >= 0.3 is 0 Å². The van der Waals surface area contributed by atoms with Gasteiger partial charge in [0.2, 0.25) is 0 Å². The van der Waals surface area contributed by atoms with Crippen LogP contribution in [0, 0.1) is 0 Å². The average Bonchev–Trinajstić information content (AvgIpc) is 3.00. The Labute approximate surface area is 134 Å². The van der Waals surface area contributed by atoms with Gasteiger partial charge in [0.05, 0.1) is 31.8 Å². The van der Waals surface area contributed by atoms with Crippen LogP contribution >= 0.6 is 11.3 Å². The maximum Gasteiger partial charge on any atom is 0.279 e. The first-order valence-corrected chi connectivity index (χ1v) is 7.86. The van der Waals surface area contributed by atoms with E-state index in [4.69, 9.17) is 9.47 Å². The number of anilines is 1. The number of benzene rings is 1. The summed E-state index contributed by atoms with van der Waals surface area (Å²) >= 11 is 1.71. The van der Waals surface area contributed by atoms with E-state index < -0.39 is 0 Å². The number of carbonyl (C=O) groups excluding carboxylic acids is 1. The summed E-state index contributed by atoms with van der Waals surface area (Å²) in [5, 5.41) is 4.93. The van der Waals surface area contributed by atoms with Gasteiger partial charge in [-0.3, -0.25) is 4.79 Å². The maximum atomic E-state index is 12.2. The smallest absolute Gasteiger partial charge is 0.279 e. The number of ether oxygens (including phenoxy) is 2. The van der Waals surface area contributed by atoms with Gasteiger partial charge in [0.1, 0.15) is 18.0 Å². The minimum absolute atomic E-state index is 0.0440. The highest BCUT2D eigenvalue weighted by Crippen LogP contribution is 2.28. The second-order valence-electron chi connectivity index (χ2n) is 5.00. The minimum atomic E-state index is -0.0440. The van der Waals surface area contributed by atoms with Gasteiger partial charge in [-0.2, -0.15) is 0 Å². The molecule has 118 valence electrons. The molecule has 2 N–H and O–H groups in total. The zero-order valence-electron chi connectivity index (χ0n) is 13.0. The number of rotatable bonds is 7. The molecule has 2 rings (SSSR count). The van der Waals surface area contributed by atoms with E-state index in [1.165, 1.54) is 4.88 Å². The molecule has 0 spiro atoms. The van der Waals surface area contributed by atoms with Crippen molar-refractivity contribution >= 4 is 22.9 Å². The Balaban J connectivity index is 1.94. The van der Waals surface area contributed by atoms with Gasteiger partial charge in [-0.15, -0.1) is 11.3 Å². The number of thiophene rings is 1. The molecule has 6 heteroatoms. The van der Waals surface area contributed by atoms with E-state index in [2.05, 4.69) is 11.4 Å². The fourth-order valence-corrected chi connectivity index (χ4v) is 2.96. The van der Waals surface area contributed by atoms with E-state index in [0.717, 1.165) is 11.4 Å². The molecule has 5 nitrogen and oxygen atoms in total. The van der Waals surface area contributed by atoms with Gasteiger partial charge in [0.15, 0.2) is 6.54 Å². The van der Waals surface area contributed by atoms with Crippen molar-refractivity contribution in [2.45, 2.75) is 6.54 Å². The molecule has 0 fully saturated rings. The summed E-state index contributed by atoms with van der Waals surface area (Å²) in [5.74, 6) is 1.23. The van der Waals surface area contributed by atoms with E-state index >= 15 is 0 Å². The number of likely N-dealkylation sites (N-methyl/N-ethyl adjacent to an activating group) is 1. The summed E-state index contributed by atoms with van der Waals surface area (Å²) in [6, 6.07) is 9.43. The van der Waals surface area contributed by atoms with Crippen molar-refractivity contribution in [3.8, 4) is 11.5 Å². The molecule has 0 aliphatic rings. The van der Waals surface area contributed by atoms with Crippen molar-refractivity contribution in [1.29, 1.82) is 0 Å². The van der Waals surface area contributed by atoms with Crippen LogP contribution < -0.4 is 19.7 Å². The molecule has 1 aromatic heterocycles. The van der Waals surface area contributed by atoms with Crippen LogP contribution in [0.5, 0.6) is 11.5 Å². The van der Waals surface area contributed by atoms with Crippen LogP contribution in [0.1, 0.15) is 4.88 Å². The number of carbonyl (C=O) groups is 1. The molecule has 22 heavy (non-hydrogen) atoms. The number of hydrogen-bond donors (Lipinski definition) is 2. The number of quaternary nitrogens is 1. The highest BCUT2D eigenvalue weighted by molar-refractivity contribution is 7.09. The lowest BCUT2D eigenvalue weighted by Crippen LogP contribution is -3.08.